The minimum Gasteiger partial charge on any atom is -0.356 e. The van der Waals surface area contributed by atoms with E-state index in [2.05, 4.69) is 41.3 Å². The molecule has 1 atom stereocenters. The van der Waals surface area contributed by atoms with E-state index in [1.54, 1.807) is 0 Å². The fourth-order valence-corrected chi connectivity index (χ4v) is 4.16. The van der Waals surface area contributed by atoms with E-state index in [4.69, 9.17) is 0 Å². The van der Waals surface area contributed by atoms with Crippen LogP contribution in [-0.4, -0.2) is 50.1 Å². The summed E-state index contributed by atoms with van der Waals surface area (Å²) in [7, 11) is 1.90. The van der Waals surface area contributed by atoms with Gasteiger partial charge in [0.15, 0.2) is 5.96 Å². The van der Waals surface area contributed by atoms with Crippen LogP contribution in [0.15, 0.2) is 4.99 Å². The molecule has 0 spiro atoms. The van der Waals surface area contributed by atoms with Gasteiger partial charge in [0.1, 0.15) is 0 Å². The van der Waals surface area contributed by atoms with Gasteiger partial charge in [-0.05, 0) is 69.4 Å². The molecule has 2 aliphatic rings. The molecular weight excluding hydrogens is 411 g/mol. The molecule has 1 saturated heterocycles. The number of hydrogen-bond acceptors (Lipinski definition) is 2. The quantitative estimate of drug-likeness (QED) is 0.381. The summed E-state index contributed by atoms with van der Waals surface area (Å²) in [6.45, 7) is 11.7. The summed E-state index contributed by atoms with van der Waals surface area (Å²) in [4.78, 5) is 7.01. The van der Waals surface area contributed by atoms with Crippen LogP contribution in [0.3, 0.4) is 0 Å². The Balaban J connectivity index is 0.00000288. The van der Waals surface area contributed by atoms with Crippen LogP contribution in [-0.2, 0) is 0 Å². The first-order chi connectivity index (χ1) is 11.1. The van der Waals surface area contributed by atoms with Crippen molar-refractivity contribution in [3.05, 3.63) is 0 Å². The summed E-state index contributed by atoms with van der Waals surface area (Å²) >= 11 is 0. The largest absolute Gasteiger partial charge is 0.356 e. The smallest absolute Gasteiger partial charge is 0.191 e. The lowest BCUT2D eigenvalue weighted by Gasteiger charge is -2.34. The van der Waals surface area contributed by atoms with Crippen LogP contribution < -0.4 is 10.6 Å². The predicted molar refractivity (Wildman–Crippen MR) is 115 cm³/mol. The van der Waals surface area contributed by atoms with Gasteiger partial charge in [0.05, 0.1) is 0 Å². The van der Waals surface area contributed by atoms with Crippen LogP contribution >= 0.6 is 24.0 Å². The average Bonchev–Trinajstić information content (AvgIpc) is 2.59. The summed E-state index contributed by atoms with van der Waals surface area (Å²) in [5.41, 5.74) is 0. The summed E-state index contributed by atoms with van der Waals surface area (Å²) < 4.78 is 0. The van der Waals surface area contributed by atoms with Gasteiger partial charge in [-0.3, -0.25) is 4.99 Å². The number of hydrogen-bond donors (Lipinski definition) is 2. The number of piperidine rings is 1. The zero-order chi connectivity index (χ0) is 16.7. The lowest BCUT2D eigenvalue weighted by molar-refractivity contribution is 0.183. The molecule has 1 aliphatic carbocycles. The molecule has 5 heteroatoms. The monoisotopic (exact) mass is 450 g/mol. The van der Waals surface area contributed by atoms with Crippen molar-refractivity contribution < 1.29 is 0 Å². The molecule has 142 valence electrons. The SMILES string of the molecule is CCN1CCCC(CNC(=NC)NC2CCC(C(C)C)CC2)C1.I. The molecule has 2 rings (SSSR count). The molecule has 2 N–H and O–H groups in total. The summed E-state index contributed by atoms with van der Waals surface area (Å²) in [5, 5.41) is 7.23. The van der Waals surface area contributed by atoms with Crippen molar-refractivity contribution >= 4 is 29.9 Å². The Morgan fingerprint density at radius 3 is 2.46 bits per heavy atom. The molecule has 1 aliphatic heterocycles. The Labute approximate surface area is 166 Å². The maximum absolute atomic E-state index is 4.44. The molecule has 0 bridgehead atoms. The zero-order valence-electron chi connectivity index (χ0n) is 16.2. The number of halogens is 1. The van der Waals surface area contributed by atoms with E-state index >= 15 is 0 Å². The minimum atomic E-state index is 0. The second-order valence-corrected chi connectivity index (χ2v) is 7.85. The predicted octanol–water partition coefficient (Wildman–Crippen LogP) is 3.72. The van der Waals surface area contributed by atoms with Gasteiger partial charge in [0.25, 0.3) is 0 Å². The molecule has 1 heterocycles. The molecule has 4 nitrogen and oxygen atoms in total. The molecule has 1 unspecified atom stereocenters. The van der Waals surface area contributed by atoms with Crippen molar-refractivity contribution in [2.24, 2.45) is 22.7 Å². The van der Waals surface area contributed by atoms with E-state index in [1.807, 2.05) is 7.05 Å². The molecular formula is C19H39IN4. The van der Waals surface area contributed by atoms with Crippen molar-refractivity contribution in [3.63, 3.8) is 0 Å². The first-order valence-electron chi connectivity index (χ1n) is 9.81. The first kappa shape index (κ1) is 22.0. The number of guanidine groups is 1. The topological polar surface area (TPSA) is 39.7 Å². The fourth-order valence-electron chi connectivity index (χ4n) is 4.16. The number of likely N-dealkylation sites (tertiary alicyclic amines) is 1. The van der Waals surface area contributed by atoms with Gasteiger partial charge in [-0.15, -0.1) is 24.0 Å². The number of nitrogens with one attached hydrogen (secondary N) is 2. The maximum atomic E-state index is 4.44. The average molecular weight is 450 g/mol. The molecule has 0 aromatic heterocycles. The van der Waals surface area contributed by atoms with E-state index in [9.17, 15) is 0 Å². The van der Waals surface area contributed by atoms with Gasteiger partial charge in [-0.2, -0.15) is 0 Å². The first-order valence-corrected chi connectivity index (χ1v) is 9.81. The van der Waals surface area contributed by atoms with Gasteiger partial charge < -0.3 is 15.5 Å². The molecule has 2 fully saturated rings. The van der Waals surface area contributed by atoms with E-state index in [-0.39, 0.29) is 24.0 Å². The maximum Gasteiger partial charge on any atom is 0.191 e. The highest BCUT2D eigenvalue weighted by Gasteiger charge is 2.24. The normalized spacial score (nSPS) is 29.2. The molecule has 0 radical (unpaired) electrons. The summed E-state index contributed by atoms with van der Waals surface area (Å²) in [6.07, 6.45) is 7.99. The standard InChI is InChI=1S/C19H38N4.HI/c1-5-23-12-6-7-16(14-23)13-21-19(20-4)22-18-10-8-17(9-11-18)15(2)3;/h15-18H,5-14H2,1-4H3,(H2,20,21,22);1H. The molecule has 0 aromatic rings. The van der Waals surface area contributed by atoms with Crippen LogP contribution in [0.2, 0.25) is 0 Å². The third-order valence-electron chi connectivity index (χ3n) is 5.89. The number of rotatable bonds is 5. The summed E-state index contributed by atoms with van der Waals surface area (Å²) in [5.74, 6) is 3.53. The van der Waals surface area contributed by atoms with Crippen LogP contribution in [0.5, 0.6) is 0 Å². The highest BCUT2D eigenvalue weighted by atomic mass is 127. The Kier molecular flexibility index (Phi) is 10.6. The van der Waals surface area contributed by atoms with Gasteiger partial charge in [0, 0.05) is 26.2 Å². The van der Waals surface area contributed by atoms with E-state index in [0.717, 1.165) is 30.3 Å². The van der Waals surface area contributed by atoms with Crippen molar-refractivity contribution in [2.45, 2.75) is 65.3 Å². The molecule has 0 aromatic carbocycles. The summed E-state index contributed by atoms with van der Waals surface area (Å²) in [6, 6.07) is 0.606. The Morgan fingerprint density at radius 2 is 1.88 bits per heavy atom. The Bertz CT molecular complexity index is 364. The van der Waals surface area contributed by atoms with Crippen LogP contribution in [0.1, 0.15) is 59.3 Å². The number of aliphatic imine (C=N–C) groups is 1. The minimum absolute atomic E-state index is 0. The Hall–Kier alpha value is -0.0400. The molecule has 24 heavy (non-hydrogen) atoms. The second kappa shape index (κ2) is 11.6. The van der Waals surface area contributed by atoms with Crippen LogP contribution in [0.4, 0.5) is 0 Å². The van der Waals surface area contributed by atoms with Gasteiger partial charge in [-0.25, -0.2) is 0 Å². The van der Waals surface area contributed by atoms with Crippen molar-refractivity contribution in [1.29, 1.82) is 0 Å². The van der Waals surface area contributed by atoms with Gasteiger partial charge in [-0.1, -0.05) is 20.8 Å². The van der Waals surface area contributed by atoms with E-state index < -0.39 is 0 Å². The Morgan fingerprint density at radius 1 is 1.17 bits per heavy atom. The third kappa shape index (κ3) is 7.06. The van der Waals surface area contributed by atoms with Crippen LogP contribution in [0, 0.1) is 17.8 Å². The second-order valence-electron chi connectivity index (χ2n) is 7.85. The molecule has 1 saturated carbocycles. The highest BCUT2D eigenvalue weighted by Crippen LogP contribution is 2.29. The molecule has 0 amide bonds. The van der Waals surface area contributed by atoms with Gasteiger partial charge >= 0.3 is 0 Å². The fraction of sp³-hybridized carbons (Fsp3) is 0.947. The van der Waals surface area contributed by atoms with Gasteiger partial charge in [0.2, 0.25) is 0 Å². The highest BCUT2D eigenvalue weighted by molar-refractivity contribution is 14.0. The van der Waals surface area contributed by atoms with Crippen molar-refractivity contribution in [1.82, 2.24) is 15.5 Å². The van der Waals surface area contributed by atoms with Crippen LogP contribution in [0.25, 0.3) is 0 Å². The number of nitrogens with zero attached hydrogens (tertiary/aromatic N) is 2. The zero-order valence-corrected chi connectivity index (χ0v) is 18.5. The lowest BCUT2D eigenvalue weighted by Crippen LogP contribution is -2.48. The van der Waals surface area contributed by atoms with Crippen molar-refractivity contribution in [3.8, 4) is 0 Å². The van der Waals surface area contributed by atoms with E-state index in [0.29, 0.717) is 6.04 Å². The van der Waals surface area contributed by atoms with Crippen molar-refractivity contribution in [2.75, 3.05) is 33.2 Å². The lowest BCUT2D eigenvalue weighted by atomic mass is 9.80. The van der Waals surface area contributed by atoms with E-state index in [1.165, 1.54) is 58.2 Å². The third-order valence-corrected chi connectivity index (χ3v) is 5.89.